The molecule has 3 fully saturated rings. The standard InChI is InChI=1S/C30H39N5O3/c1-21(36)35-27-8-9-28(35)15-25(14-27)23-6-7-26(31-16-23)18-33-12-13-34(30(33)38)20-29(37)19-32-11-10-22-4-2-3-5-24(22)17-32/h2-7,16,25,27-29,37H,8-15,17-20H2,1H3. The summed E-state index contributed by atoms with van der Waals surface area (Å²) in [5, 5.41) is 10.8. The molecular weight excluding hydrogens is 478 g/mol. The second kappa shape index (κ2) is 10.7. The quantitative estimate of drug-likeness (QED) is 0.611. The molecule has 4 aliphatic rings. The molecule has 2 bridgehead atoms. The topological polar surface area (TPSA) is 80.2 Å². The van der Waals surface area contributed by atoms with Gasteiger partial charge in [0.2, 0.25) is 5.91 Å². The zero-order chi connectivity index (χ0) is 26.2. The fourth-order valence-corrected chi connectivity index (χ4v) is 7.20. The molecule has 3 unspecified atom stereocenters. The van der Waals surface area contributed by atoms with Crippen LogP contribution >= 0.6 is 0 Å². The van der Waals surface area contributed by atoms with Gasteiger partial charge in [0, 0.05) is 64.5 Å². The first-order valence-corrected chi connectivity index (χ1v) is 14.2. The number of amides is 3. The molecule has 3 atom stereocenters. The minimum absolute atomic E-state index is 0.0212. The third kappa shape index (κ3) is 5.16. The zero-order valence-corrected chi connectivity index (χ0v) is 22.3. The molecule has 4 aliphatic heterocycles. The van der Waals surface area contributed by atoms with Crippen LogP contribution in [0.2, 0.25) is 0 Å². The van der Waals surface area contributed by atoms with Gasteiger partial charge in [0.15, 0.2) is 0 Å². The van der Waals surface area contributed by atoms with Crippen LogP contribution in [0.15, 0.2) is 42.6 Å². The molecule has 38 heavy (non-hydrogen) atoms. The van der Waals surface area contributed by atoms with Crippen molar-refractivity contribution in [1.82, 2.24) is 24.6 Å². The highest BCUT2D eigenvalue weighted by atomic mass is 16.3. The van der Waals surface area contributed by atoms with Gasteiger partial charge in [-0.1, -0.05) is 30.3 Å². The molecule has 1 N–H and O–H groups in total. The number of hydrogen-bond donors (Lipinski definition) is 1. The maximum absolute atomic E-state index is 13.0. The van der Waals surface area contributed by atoms with Crippen molar-refractivity contribution in [2.75, 3.05) is 32.7 Å². The van der Waals surface area contributed by atoms with Crippen molar-refractivity contribution in [2.24, 2.45) is 0 Å². The van der Waals surface area contributed by atoms with Crippen molar-refractivity contribution >= 4 is 11.9 Å². The van der Waals surface area contributed by atoms with Gasteiger partial charge in [0.1, 0.15) is 0 Å². The van der Waals surface area contributed by atoms with Crippen LogP contribution in [0.25, 0.3) is 0 Å². The number of carbonyl (C=O) groups excluding carboxylic acids is 2. The van der Waals surface area contributed by atoms with E-state index in [0.717, 1.165) is 50.9 Å². The molecule has 8 heteroatoms. The Kier molecular flexibility index (Phi) is 7.10. The van der Waals surface area contributed by atoms with Crippen molar-refractivity contribution in [2.45, 2.75) is 76.2 Å². The Morgan fingerprint density at radius 1 is 1.00 bits per heavy atom. The van der Waals surface area contributed by atoms with E-state index in [0.29, 0.717) is 50.7 Å². The van der Waals surface area contributed by atoms with Crippen LogP contribution in [0.1, 0.15) is 60.9 Å². The van der Waals surface area contributed by atoms with Crippen molar-refractivity contribution in [3.05, 3.63) is 65.0 Å². The van der Waals surface area contributed by atoms with Crippen LogP contribution < -0.4 is 0 Å². The van der Waals surface area contributed by atoms with Crippen LogP contribution in [0.3, 0.4) is 0 Å². The van der Waals surface area contributed by atoms with Gasteiger partial charge in [-0.25, -0.2) is 4.79 Å². The Hall–Kier alpha value is -2.97. The van der Waals surface area contributed by atoms with Crippen LogP contribution in [0, 0.1) is 0 Å². The van der Waals surface area contributed by atoms with Crippen LogP contribution in [0.4, 0.5) is 4.79 Å². The number of hydrogen-bond acceptors (Lipinski definition) is 5. The molecule has 8 nitrogen and oxygen atoms in total. The van der Waals surface area contributed by atoms with Crippen molar-refractivity contribution in [3.63, 3.8) is 0 Å². The lowest BCUT2D eigenvalue weighted by Gasteiger charge is -2.38. The summed E-state index contributed by atoms with van der Waals surface area (Å²) in [6, 6.07) is 13.4. The normalized spacial score (nSPS) is 26.1. The Morgan fingerprint density at radius 3 is 2.45 bits per heavy atom. The monoisotopic (exact) mass is 517 g/mol. The minimum Gasteiger partial charge on any atom is -0.390 e. The van der Waals surface area contributed by atoms with Crippen LogP contribution in [0.5, 0.6) is 0 Å². The summed E-state index contributed by atoms with van der Waals surface area (Å²) in [4.78, 5) is 37.8. The van der Waals surface area contributed by atoms with Gasteiger partial charge in [0.25, 0.3) is 0 Å². The van der Waals surface area contributed by atoms with E-state index in [-0.39, 0.29) is 11.9 Å². The van der Waals surface area contributed by atoms with Crippen molar-refractivity contribution in [3.8, 4) is 0 Å². The lowest BCUT2D eigenvalue weighted by atomic mass is 9.85. The lowest BCUT2D eigenvalue weighted by molar-refractivity contribution is -0.133. The second-order valence-corrected chi connectivity index (χ2v) is 11.6. The summed E-state index contributed by atoms with van der Waals surface area (Å²) in [7, 11) is 0. The molecule has 3 amide bonds. The summed E-state index contributed by atoms with van der Waals surface area (Å²) >= 11 is 0. The van der Waals surface area contributed by atoms with E-state index >= 15 is 0 Å². The number of fused-ring (bicyclic) bond motifs is 3. The van der Waals surface area contributed by atoms with E-state index in [2.05, 4.69) is 40.1 Å². The van der Waals surface area contributed by atoms with Gasteiger partial charge < -0.3 is 19.8 Å². The van der Waals surface area contributed by atoms with E-state index < -0.39 is 6.10 Å². The average molecular weight is 518 g/mol. The van der Waals surface area contributed by atoms with E-state index in [4.69, 9.17) is 4.98 Å². The summed E-state index contributed by atoms with van der Waals surface area (Å²) in [6.45, 7) is 6.20. The molecule has 3 saturated heterocycles. The zero-order valence-electron chi connectivity index (χ0n) is 22.3. The molecule has 0 spiro atoms. The van der Waals surface area contributed by atoms with E-state index in [9.17, 15) is 14.7 Å². The first-order valence-electron chi connectivity index (χ1n) is 14.2. The summed E-state index contributed by atoms with van der Waals surface area (Å²) < 4.78 is 0. The number of carbonyl (C=O) groups is 2. The number of β-amino-alcohol motifs (C(OH)–C–C–N with tert-alkyl or cyclic N) is 1. The molecule has 0 radical (unpaired) electrons. The number of aromatic nitrogens is 1. The smallest absolute Gasteiger partial charge is 0.320 e. The third-order valence-corrected chi connectivity index (χ3v) is 9.06. The SMILES string of the molecule is CC(=O)N1C2CCC1CC(c1ccc(CN3CCN(CC(O)CN4CCc5ccccc5C4)C3=O)nc1)C2. The molecular formula is C30H39N5O3. The minimum atomic E-state index is -0.564. The molecule has 0 aliphatic carbocycles. The van der Waals surface area contributed by atoms with Crippen LogP contribution in [-0.4, -0.2) is 92.5 Å². The number of nitrogens with zero attached hydrogens (tertiary/aromatic N) is 5. The van der Waals surface area contributed by atoms with Gasteiger partial charge in [-0.3, -0.25) is 14.7 Å². The number of rotatable bonds is 7. The molecule has 0 saturated carbocycles. The van der Waals surface area contributed by atoms with Crippen molar-refractivity contribution in [1.29, 1.82) is 0 Å². The Balaban J connectivity index is 0.988. The average Bonchev–Trinajstić information content (AvgIpc) is 3.39. The highest BCUT2D eigenvalue weighted by molar-refractivity contribution is 5.76. The first kappa shape index (κ1) is 25.3. The van der Waals surface area contributed by atoms with E-state index in [1.165, 1.54) is 16.7 Å². The number of aliphatic hydroxyl groups excluding tert-OH is 1. The number of urea groups is 1. The van der Waals surface area contributed by atoms with Gasteiger partial charge in [-0.2, -0.15) is 0 Å². The number of pyridine rings is 1. The van der Waals surface area contributed by atoms with Gasteiger partial charge >= 0.3 is 6.03 Å². The van der Waals surface area contributed by atoms with E-state index in [1.807, 2.05) is 17.2 Å². The molecule has 1 aromatic carbocycles. The Morgan fingerprint density at radius 2 is 1.74 bits per heavy atom. The fourth-order valence-electron chi connectivity index (χ4n) is 7.20. The fraction of sp³-hybridized carbons (Fsp3) is 0.567. The summed E-state index contributed by atoms with van der Waals surface area (Å²) in [5.41, 5.74) is 4.87. The highest BCUT2D eigenvalue weighted by Crippen LogP contribution is 2.42. The summed E-state index contributed by atoms with van der Waals surface area (Å²) in [6.07, 6.45) is 6.67. The number of aliphatic hydroxyl groups is 1. The van der Waals surface area contributed by atoms with Gasteiger partial charge in [-0.15, -0.1) is 0 Å². The molecule has 6 rings (SSSR count). The predicted molar refractivity (Wildman–Crippen MR) is 144 cm³/mol. The van der Waals surface area contributed by atoms with Gasteiger partial charge in [-0.05, 0) is 60.8 Å². The molecule has 2 aromatic rings. The lowest BCUT2D eigenvalue weighted by Crippen LogP contribution is -2.44. The van der Waals surface area contributed by atoms with Crippen molar-refractivity contribution < 1.29 is 14.7 Å². The van der Waals surface area contributed by atoms with E-state index in [1.54, 1.807) is 11.8 Å². The maximum Gasteiger partial charge on any atom is 0.320 e. The maximum atomic E-state index is 13.0. The Labute approximate surface area is 225 Å². The molecule has 1 aromatic heterocycles. The summed E-state index contributed by atoms with van der Waals surface area (Å²) in [5.74, 6) is 0.655. The predicted octanol–water partition coefficient (Wildman–Crippen LogP) is 3.00. The molecule has 5 heterocycles. The first-order chi connectivity index (χ1) is 18.4. The number of piperidine rings is 1. The molecule has 202 valence electrons. The third-order valence-electron chi connectivity index (χ3n) is 9.06. The number of benzene rings is 1. The largest absolute Gasteiger partial charge is 0.390 e. The Bertz CT molecular complexity index is 1160. The van der Waals surface area contributed by atoms with Crippen LogP contribution in [-0.2, 0) is 24.3 Å². The highest BCUT2D eigenvalue weighted by Gasteiger charge is 2.42. The second-order valence-electron chi connectivity index (χ2n) is 11.6. The van der Waals surface area contributed by atoms with Gasteiger partial charge in [0.05, 0.1) is 18.3 Å².